The molecule has 1 aromatic heterocycles. The molecular weight excluding hydrogens is 365 g/mol. The first-order valence-corrected chi connectivity index (χ1v) is 8.54. The van der Waals surface area contributed by atoms with Crippen molar-refractivity contribution < 1.29 is 17.9 Å². The van der Waals surface area contributed by atoms with Crippen LogP contribution in [-0.4, -0.2) is 24.3 Å². The molecule has 0 unspecified atom stereocenters. The second kappa shape index (κ2) is 8.01. The highest BCUT2D eigenvalue weighted by Gasteiger charge is 2.28. The summed E-state index contributed by atoms with van der Waals surface area (Å²) in [6.07, 6.45) is -1.58. The van der Waals surface area contributed by atoms with Crippen molar-refractivity contribution in [1.82, 2.24) is 10.3 Å². The van der Waals surface area contributed by atoms with Crippen molar-refractivity contribution in [3.05, 3.63) is 64.8 Å². The Morgan fingerprint density at radius 2 is 1.92 bits per heavy atom. The van der Waals surface area contributed by atoms with Gasteiger partial charge in [-0.15, -0.1) is 0 Å². The minimum Gasteiger partial charge on any atom is -0.484 e. The number of alkyl halides is 3. The quantitative estimate of drug-likeness (QED) is 0.558. The molecule has 1 heterocycles. The average molecular weight is 383 g/mol. The van der Waals surface area contributed by atoms with Crippen LogP contribution >= 0.6 is 11.6 Å². The zero-order chi connectivity index (χ0) is 18.6. The van der Waals surface area contributed by atoms with Gasteiger partial charge in [0.2, 0.25) is 0 Å². The number of hydrogen-bond acceptors (Lipinski definition) is 2. The molecule has 0 saturated carbocycles. The van der Waals surface area contributed by atoms with E-state index in [9.17, 15) is 13.2 Å². The molecule has 3 aromatic rings. The number of hydrogen-bond donors (Lipinski definition) is 2. The van der Waals surface area contributed by atoms with Crippen molar-refractivity contribution in [3.63, 3.8) is 0 Å². The van der Waals surface area contributed by atoms with Crippen LogP contribution in [0.25, 0.3) is 10.9 Å². The molecule has 3 nitrogen and oxygen atoms in total. The summed E-state index contributed by atoms with van der Waals surface area (Å²) in [4.78, 5) is 3.18. The molecule has 0 radical (unpaired) electrons. The summed E-state index contributed by atoms with van der Waals surface area (Å²) in [6.45, 7) is -0.00750. The summed E-state index contributed by atoms with van der Waals surface area (Å²) in [6, 6.07) is 12.4. The maximum Gasteiger partial charge on any atom is 0.422 e. The van der Waals surface area contributed by atoms with Gasteiger partial charge in [-0.05, 0) is 42.3 Å². The molecule has 0 atom stereocenters. The normalized spacial score (nSPS) is 11.8. The van der Waals surface area contributed by atoms with Crippen LogP contribution in [0.5, 0.6) is 5.75 Å². The van der Waals surface area contributed by atoms with E-state index >= 15 is 0 Å². The number of nitrogens with one attached hydrogen (secondary N) is 2. The fourth-order valence-electron chi connectivity index (χ4n) is 2.75. The van der Waals surface area contributed by atoms with Crippen LogP contribution in [0.4, 0.5) is 13.2 Å². The third kappa shape index (κ3) is 4.93. The zero-order valence-electron chi connectivity index (χ0n) is 13.9. The Kier molecular flexibility index (Phi) is 5.74. The predicted molar refractivity (Wildman–Crippen MR) is 96.7 cm³/mol. The van der Waals surface area contributed by atoms with E-state index in [4.69, 9.17) is 16.3 Å². The van der Waals surface area contributed by atoms with Crippen LogP contribution in [0.2, 0.25) is 5.02 Å². The first-order valence-electron chi connectivity index (χ1n) is 8.16. The fraction of sp³-hybridized carbons (Fsp3) is 0.263. The molecule has 0 spiro atoms. The van der Waals surface area contributed by atoms with Gasteiger partial charge in [0.15, 0.2) is 6.61 Å². The van der Waals surface area contributed by atoms with E-state index in [-0.39, 0.29) is 5.75 Å². The molecule has 0 saturated heterocycles. The number of halogens is 4. The molecule has 0 aliphatic rings. The van der Waals surface area contributed by atoms with Crippen LogP contribution in [0.1, 0.15) is 11.1 Å². The smallest absolute Gasteiger partial charge is 0.422 e. The highest BCUT2D eigenvalue weighted by Crippen LogP contribution is 2.25. The van der Waals surface area contributed by atoms with E-state index in [1.54, 1.807) is 12.1 Å². The van der Waals surface area contributed by atoms with Gasteiger partial charge in [0.1, 0.15) is 5.75 Å². The first kappa shape index (κ1) is 18.6. The van der Waals surface area contributed by atoms with Gasteiger partial charge in [0.25, 0.3) is 0 Å². The number of fused-ring (bicyclic) bond motifs is 1. The van der Waals surface area contributed by atoms with E-state index in [0.717, 1.165) is 35.0 Å². The standard InChI is InChI=1S/C19H18ClF3N2O/c20-17-6-2-5-16-14(11-25-18(16)17)7-8-24-10-13-3-1-4-15(9-13)26-12-19(21,22)23/h1-6,9,11,24-25H,7-8,10,12H2. The van der Waals surface area contributed by atoms with Crippen molar-refractivity contribution in [3.8, 4) is 5.75 Å². The monoisotopic (exact) mass is 382 g/mol. The SMILES string of the molecule is FC(F)(F)COc1cccc(CNCCc2c[nH]c3c(Cl)cccc23)c1. The molecule has 0 amide bonds. The lowest BCUT2D eigenvalue weighted by atomic mass is 10.1. The number of H-pyrrole nitrogens is 1. The van der Waals surface area contributed by atoms with Gasteiger partial charge < -0.3 is 15.0 Å². The van der Waals surface area contributed by atoms with Crippen molar-refractivity contribution in [2.75, 3.05) is 13.2 Å². The molecule has 7 heteroatoms. The molecule has 3 rings (SSSR count). The Labute approximate surface area is 154 Å². The summed E-state index contributed by atoms with van der Waals surface area (Å²) in [5, 5.41) is 5.09. The number of ether oxygens (including phenoxy) is 1. The summed E-state index contributed by atoms with van der Waals surface area (Å²) in [5.74, 6) is 0.216. The van der Waals surface area contributed by atoms with Crippen molar-refractivity contribution in [2.45, 2.75) is 19.1 Å². The number of aromatic amines is 1. The lowest BCUT2D eigenvalue weighted by molar-refractivity contribution is -0.153. The van der Waals surface area contributed by atoms with E-state index in [0.29, 0.717) is 11.6 Å². The fourth-order valence-corrected chi connectivity index (χ4v) is 2.98. The predicted octanol–water partition coefficient (Wildman–Crippen LogP) is 5.09. The minimum absolute atomic E-state index is 0.216. The van der Waals surface area contributed by atoms with Crippen LogP contribution in [0.15, 0.2) is 48.7 Å². The third-order valence-electron chi connectivity index (χ3n) is 3.95. The second-order valence-electron chi connectivity index (χ2n) is 5.95. The topological polar surface area (TPSA) is 37.0 Å². The number of benzene rings is 2. The number of aromatic nitrogens is 1. The maximum absolute atomic E-state index is 12.2. The Bertz CT molecular complexity index is 877. The molecule has 0 fully saturated rings. The van der Waals surface area contributed by atoms with Crippen LogP contribution in [0.3, 0.4) is 0 Å². The average Bonchev–Trinajstić information content (AvgIpc) is 3.01. The van der Waals surface area contributed by atoms with E-state index in [1.165, 1.54) is 6.07 Å². The molecule has 0 bridgehead atoms. The van der Waals surface area contributed by atoms with Crippen LogP contribution < -0.4 is 10.1 Å². The molecule has 2 N–H and O–H groups in total. The lowest BCUT2D eigenvalue weighted by Gasteiger charge is -2.10. The summed E-state index contributed by atoms with van der Waals surface area (Å²) in [5.41, 5.74) is 2.96. The molecule has 2 aromatic carbocycles. The van der Waals surface area contributed by atoms with Gasteiger partial charge in [0.05, 0.1) is 10.5 Å². The summed E-state index contributed by atoms with van der Waals surface area (Å²) >= 11 is 6.15. The first-order chi connectivity index (χ1) is 12.4. The maximum atomic E-state index is 12.2. The van der Waals surface area contributed by atoms with Crippen molar-refractivity contribution in [2.24, 2.45) is 0 Å². The van der Waals surface area contributed by atoms with Gasteiger partial charge in [-0.2, -0.15) is 13.2 Å². The van der Waals surface area contributed by atoms with E-state index in [1.807, 2.05) is 30.5 Å². The van der Waals surface area contributed by atoms with Gasteiger partial charge in [0, 0.05) is 18.1 Å². The van der Waals surface area contributed by atoms with Gasteiger partial charge >= 0.3 is 6.18 Å². The Morgan fingerprint density at radius 1 is 1.12 bits per heavy atom. The Hall–Kier alpha value is -2.18. The molecule has 138 valence electrons. The highest BCUT2D eigenvalue weighted by molar-refractivity contribution is 6.35. The van der Waals surface area contributed by atoms with Crippen LogP contribution in [-0.2, 0) is 13.0 Å². The Morgan fingerprint density at radius 3 is 2.73 bits per heavy atom. The van der Waals surface area contributed by atoms with Gasteiger partial charge in [-0.3, -0.25) is 0 Å². The zero-order valence-corrected chi connectivity index (χ0v) is 14.6. The van der Waals surface area contributed by atoms with Crippen molar-refractivity contribution >= 4 is 22.5 Å². The van der Waals surface area contributed by atoms with Gasteiger partial charge in [-0.25, -0.2) is 0 Å². The largest absolute Gasteiger partial charge is 0.484 e. The third-order valence-corrected chi connectivity index (χ3v) is 4.27. The summed E-state index contributed by atoms with van der Waals surface area (Å²) < 4.78 is 41.4. The summed E-state index contributed by atoms with van der Waals surface area (Å²) in [7, 11) is 0. The highest BCUT2D eigenvalue weighted by atomic mass is 35.5. The molecule has 0 aliphatic heterocycles. The van der Waals surface area contributed by atoms with E-state index in [2.05, 4.69) is 10.3 Å². The molecule has 0 aliphatic carbocycles. The Balaban J connectivity index is 1.51. The molecule has 26 heavy (non-hydrogen) atoms. The number of rotatable bonds is 7. The van der Waals surface area contributed by atoms with Gasteiger partial charge in [-0.1, -0.05) is 35.9 Å². The van der Waals surface area contributed by atoms with E-state index < -0.39 is 12.8 Å². The molecular formula is C19H18ClF3N2O. The second-order valence-corrected chi connectivity index (χ2v) is 6.36. The number of para-hydroxylation sites is 1. The minimum atomic E-state index is -4.34. The van der Waals surface area contributed by atoms with Crippen LogP contribution in [0, 0.1) is 0 Å². The lowest BCUT2D eigenvalue weighted by Crippen LogP contribution is -2.19. The van der Waals surface area contributed by atoms with Crippen molar-refractivity contribution in [1.29, 1.82) is 0 Å².